The standard InChI is InChI=1S/C9H13F2N3OS.ClH/c1-14(4-7(10)11)9(15)6-5-16-8(13-6)2-3-12;/h5,7H,2-4,12H2,1H3;1H. The Labute approximate surface area is 108 Å². The number of nitrogens with two attached hydrogens (primary N) is 1. The zero-order valence-corrected chi connectivity index (χ0v) is 10.9. The number of rotatable bonds is 5. The topological polar surface area (TPSA) is 59.2 Å². The molecule has 1 aromatic heterocycles. The summed E-state index contributed by atoms with van der Waals surface area (Å²) in [5.41, 5.74) is 5.55. The molecule has 1 aromatic rings. The zero-order valence-electron chi connectivity index (χ0n) is 9.23. The number of thiazole rings is 1. The highest BCUT2D eigenvalue weighted by Crippen LogP contribution is 2.12. The minimum absolute atomic E-state index is 0. The number of amides is 1. The third-order valence-corrected chi connectivity index (χ3v) is 2.80. The fourth-order valence-corrected chi connectivity index (χ4v) is 1.92. The monoisotopic (exact) mass is 285 g/mol. The maximum Gasteiger partial charge on any atom is 0.273 e. The van der Waals surface area contributed by atoms with Gasteiger partial charge in [-0.3, -0.25) is 4.79 Å². The molecule has 0 saturated heterocycles. The van der Waals surface area contributed by atoms with E-state index in [1.165, 1.54) is 18.4 Å². The summed E-state index contributed by atoms with van der Waals surface area (Å²) in [7, 11) is 1.33. The lowest BCUT2D eigenvalue weighted by molar-refractivity contribution is 0.0616. The Bertz CT molecular complexity index is 362. The molecule has 0 bridgehead atoms. The first-order valence-corrected chi connectivity index (χ1v) is 5.60. The fraction of sp³-hybridized carbons (Fsp3) is 0.556. The summed E-state index contributed by atoms with van der Waals surface area (Å²) in [5.74, 6) is -0.486. The molecule has 0 fully saturated rings. The number of aromatic nitrogens is 1. The molecule has 0 aromatic carbocycles. The van der Waals surface area contributed by atoms with E-state index in [2.05, 4.69) is 4.98 Å². The number of hydrogen-bond donors (Lipinski definition) is 1. The smallest absolute Gasteiger partial charge is 0.273 e. The van der Waals surface area contributed by atoms with Crippen LogP contribution in [-0.2, 0) is 6.42 Å². The third kappa shape index (κ3) is 4.93. The van der Waals surface area contributed by atoms with E-state index in [0.717, 1.165) is 9.91 Å². The maximum absolute atomic E-state index is 12.1. The number of halogens is 3. The van der Waals surface area contributed by atoms with Crippen LogP contribution in [-0.4, -0.2) is 42.4 Å². The molecule has 0 aliphatic heterocycles. The zero-order chi connectivity index (χ0) is 12.1. The van der Waals surface area contributed by atoms with E-state index in [0.29, 0.717) is 13.0 Å². The van der Waals surface area contributed by atoms with Crippen LogP contribution in [0.15, 0.2) is 5.38 Å². The molecule has 1 amide bonds. The highest BCUT2D eigenvalue weighted by molar-refractivity contribution is 7.09. The number of nitrogens with zero attached hydrogens (tertiary/aromatic N) is 2. The third-order valence-electron chi connectivity index (χ3n) is 1.89. The molecule has 1 heterocycles. The van der Waals surface area contributed by atoms with Crippen molar-refractivity contribution in [2.24, 2.45) is 5.73 Å². The molecule has 4 nitrogen and oxygen atoms in total. The predicted octanol–water partition coefficient (Wildman–Crippen LogP) is 1.40. The van der Waals surface area contributed by atoms with Gasteiger partial charge in [0.25, 0.3) is 12.3 Å². The van der Waals surface area contributed by atoms with Gasteiger partial charge in [-0.2, -0.15) is 0 Å². The first-order chi connectivity index (χ1) is 7.54. The molecule has 0 aliphatic rings. The summed E-state index contributed by atoms with van der Waals surface area (Å²) in [6, 6.07) is 0. The molecule has 17 heavy (non-hydrogen) atoms. The second-order valence-corrected chi connectivity index (χ2v) is 4.18. The summed E-state index contributed by atoms with van der Waals surface area (Å²) in [6.07, 6.45) is -1.94. The van der Waals surface area contributed by atoms with E-state index in [-0.39, 0.29) is 18.1 Å². The van der Waals surface area contributed by atoms with Gasteiger partial charge < -0.3 is 10.6 Å². The Balaban J connectivity index is 0.00000256. The van der Waals surface area contributed by atoms with Crippen molar-refractivity contribution < 1.29 is 13.6 Å². The van der Waals surface area contributed by atoms with E-state index in [1.807, 2.05) is 0 Å². The van der Waals surface area contributed by atoms with E-state index in [4.69, 9.17) is 5.73 Å². The van der Waals surface area contributed by atoms with Gasteiger partial charge in [0.05, 0.1) is 11.6 Å². The number of carbonyl (C=O) groups excluding carboxylic acids is 1. The van der Waals surface area contributed by atoms with Crippen LogP contribution in [0.1, 0.15) is 15.5 Å². The van der Waals surface area contributed by atoms with Crippen LogP contribution >= 0.6 is 23.7 Å². The van der Waals surface area contributed by atoms with Crippen molar-refractivity contribution in [2.45, 2.75) is 12.8 Å². The number of alkyl halides is 2. The summed E-state index contributed by atoms with van der Waals surface area (Å²) < 4.78 is 24.1. The van der Waals surface area contributed by atoms with Crippen LogP contribution in [0.3, 0.4) is 0 Å². The quantitative estimate of drug-likeness (QED) is 0.890. The molecule has 0 spiro atoms. The van der Waals surface area contributed by atoms with Gasteiger partial charge in [0, 0.05) is 18.8 Å². The van der Waals surface area contributed by atoms with Crippen molar-refractivity contribution >= 4 is 29.7 Å². The summed E-state index contributed by atoms with van der Waals surface area (Å²) >= 11 is 1.31. The first-order valence-electron chi connectivity index (χ1n) is 4.72. The highest BCUT2D eigenvalue weighted by atomic mass is 35.5. The molecular weight excluding hydrogens is 272 g/mol. The van der Waals surface area contributed by atoms with Crippen LogP contribution < -0.4 is 5.73 Å². The summed E-state index contributed by atoms with van der Waals surface area (Å²) in [5, 5.41) is 2.31. The van der Waals surface area contributed by atoms with Gasteiger partial charge in [-0.05, 0) is 6.54 Å². The molecule has 0 atom stereocenters. The summed E-state index contributed by atoms with van der Waals surface area (Å²) in [4.78, 5) is 16.6. The molecule has 2 N–H and O–H groups in total. The van der Waals surface area contributed by atoms with Crippen LogP contribution in [0, 0.1) is 0 Å². The SMILES string of the molecule is CN(CC(F)F)C(=O)c1csc(CCN)n1.Cl. The van der Waals surface area contributed by atoms with E-state index in [9.17, 15) is 13.6 Å². The summed E-state index contributed by atoms with van der Waals surface area (Å²) in [6.45, 7) is -0.128. The maximum atomic E-state index is 12.1. The number of hydrogen-bond acceptors (Lipinski definition) is 4. The van der Waals surface area contributed by atoms with Gasteiger partial charge in [0.15, 0.2) is 0 Å². The average Bonchev–Trinajstić information content (AvgIpc) is 2.64. The van der Waals surface area contributed by atoms with Crippen LogP contribution in [0.4, 0.5) is 8.78 Å². The molecule has 0 unspecified atom stereocenters. The predicted molar refractivity (Wildman–Crippen MR) is 65.1 cm³/mol. The van der Waals surface area contributed by atoms with Crippen molar-refractivity contribution in [2.75, 3.05) is 20.1 Å². The van der Waals surface area contributed by atoms with Gasteiger partial charge in [-0.25, -0.2) is 13.8 Å². The first kappa shape index (κ1) is 16.2. The second-order valence-electron chi connectivity index (χ2n) is 3.24. The molecule has 0 aliphatic carbocycles. The molecule has 0 saturated carbocycles. The highest BCUT2D eigenvalue weighted by Gasteiger charge is 2.18. The Kier molecular flexibility index (Phi) is 7.17. The average molecular weight is 286 g/mol. The van der Waals surface area contributed by atoms with Crippen molar-refractivity contribution in [1.29, 1.82) is 0 Å². The van der Waals surface area contributed by atoms with Crippen molar-refractivity contribution in [3.05, 3.63) is 16.1 Å². The fourth-order valence-electron chi connectivity index (χ4n) is 1.13. The van der Waals surface area contributed by atoms with Crippen LogP contribution in [0.5, 0.6) is 0 Å². The number of carbonyl (C=O) groups is 1. The second kappa shape index (κ2) is 7.52. The lowest BCUT2D eigenvalue weighted by Gasteiger charge is -2.14. The lowest BCUT2D eigenvalue weighted by Crippen LogP contribution is -2.31. The van der Waals surface area contributed by atoms with Crippen molar-refractivity contribution in [1.82, 2.24) is 9.88 Å². The Morgan fingerprint density at radius 3 is 2.82 bits per heavy atom. The van der Waals surface area contributed by atoms with Gasteiger partial charge in [-0.15, -0.1) is 23.7 Å². The van der Waals surface area contributed by atoms with E-state index >= 15 is 0 Å². The molecular formula is C9H14ClF2N3OS. The molecule has 1 rings (SSSR count). The van der Waals surface area contributed by atoms with Crippen LogP contribution in [0.25, 0.3) is 0 Å². The normalized spacial score (nSPS) is 10.2. The van der Waals surface area contributed by atoms with Crippen molar-refractivity contribution in [3.8, 4) is 0 Å². The molecule has 8 heteroatoms. The largest absolute Gasteiger partial charge is 0.335 e. The minimum Gasteiger partial charge on any atom is -0.335 e. The minimum atomic E-state index is -2.53. The van der Waals surface area contributed by atoms with Gasteiger partial charge in [0.2, 0.25) is 0 Å². The van der Waals surface area contributed by atoms with E-state index < -0.39 is 18.9 Å². The van der Waals surface area contributed by atoms with E-state index in [1.54, 1.807) is 5.38 Å². The van der Waals surface area contributed by atoms with Gasteiger partial charge in [-0.1, -0.05) is 0 Å². The molecule has 0 radical (unpaired) electrons. The Morgan fingerprint density at radius 1 is 1.65 bits per heavy atom. The Morgan fingerprint density at radius 2 is 2.29 bits per heavy atom. The Hall–Kier alpha value is -0.790. The van der Waals surface area contributed by atoms with Gasteiger partial charge in [0.1, 0.15) is 5.69 Å². The lowest BCUT2D eigenvalue weighted by atomic mass is 10.4. The van der Waals surface area contributed by atoms with Crippen LogP contribution in [0.2, 0.25) is 0 Å². The van der Waals surface area contributed by atoms with Crippen molar-refractivity contribution in [3.63, 3.8) is 0 Å². The molecule has 98 valence electrons. The van der Waals surface area contributed by atoms with Gasteiger partial charge >= 0.3 is 0 Å².